The van der Waals surface area contributed by atoms with Crippen LogP contribution in [-0.4, -0.2) is 11.9 Å². The average molecular weight is 431 g/mol. The van der Waals surface area contributed by atoms with Gasteiger partial charge in [-0.25, -0.2) is 0 Å². The van der Waals surface area contributed by atoms with Crippen molar-refractivity contribution in [2.45, 2.75) is 44.8 Å². The molecule has 0 amide bonds. The number of anilines is 2. The van der Waals surface area contributed by atoms with Gasteiger partial charge in [-0.15, -0.1) is 11.3 Å². The van der Waals surface area contributed by atoms with Gasteiger partial charge in [-0.05, 0) is 67.5 Å². The Kier molecular flexibility index (Phi) is 5.28. The molecule has 31 heavy (non-hydrogen) atoms. The number of carbonyl (C=O) groups is 1. The molecule has 3 aromatic rings. The molecular formula is C26H26N2O2S. The minimum absolute atomic E-state index is 0.124. The van der Waals surface area contributed by atoms with E-state index in [4.69, 9.17) is 4.74 Å². The topological polar surface area (TPSA) is 50.4 Å². The molecule has 1 aliphatic heterocycles. The monoisotopic (exact) mass is 430 g/mol. The molecule has 158 valence electrons. The zero-order valence-electron chi connectivity index (χ0n) is 17.7. The fourth-order valence-electron chi connectivity index (χ4n) is 4.49. The summed E-state index contributed by atoms with van der Waals surface area (Å²) in [5.41, 5.74) is 5.11. The van der Waals surface area contributed by atoms with Gasteiger partial charge in [0.1, 0.15) is 5.75 Å². The predicted molar refractivity (Wildman–Crippen MR) is 127 cm³/mol. The number of benzene rings is 2. The summed E-state index contributed by atoms with van der Waals surface area (Å²) < 4.78 is 5.78. The van der Waals surface area contributed by atoms with E-state index in [0.29, 0.717) is 6.42 Å². The fourth-order valence-corrected chi connectivity index (χ4v) is 5.27. The number of hydrogen-bond acceptors (Lipinski definition) is 5. The number of rotatable bonds is 4. The Morgan fingerprint density at radius 1 is 0.968 bits per heavy atom. The minimum Gasteiger partial charge on any atom is -0.491 e. The van der Waals surface area contributed by atoms with Crippen LogP contribution in [0.3, 0.4) is 0 Å². The zero-order chi connectivity index (χ0) is 21.4. The van der Waals surface area contributed by atoms with E-state index in [-0.39, 0.29) is 23.8 Å². The van der Waals surface area contributed by atoms with Crippen molar-refractivity contribution in [1.82, 2.24) is 0 Å². The van der Waals surface area contributed by atoms with Crippen LogP contribution in [0.5, 0.6) is 5.75 Å². The van der Waals surface area contributed by atoms with Gasteiger partial charge >= 0.3 is 0 Å². The van der Waals surface area contributed by atoms with E-state index in [2.05, 4.69) is 46.3 Å². The number of allylic oxidation sites excluding steroid dienone is 1. The smallest absolute Gasteiger partial charge is 0.163 e. The van der Waals surface area contributed by atoms with Gasteiger partial charge in [-0.2, -0.15) is 0 Å². The SMILES string of the molecule is CC(C)Oc1ccc([C@@H]2CC(=O)C3=C(C2)Nc2ccccc2N[C@H]3c2cccs2)cc1. The first kappa shape index (κ1) is 19.9. The van der Waals surface area contributed by atoms with E-state index in [1.807, 2.05) is 44.2 Å². The number of fused-ring (bicyclic) bond motifs is 1. The van der Waals surface area contributed by atoms with Crippen molar-refractivity contribution in [1.29, 1.82) is 0 Å². The summed E-state index contributed by atoms with van der Waals surface area (Å²) in [6, 6.07) is 20.4. The molecule has 5 heteroatoms. The van der Waals surface area contributed by atoms with Crippen LogP contribution < -0.4 is 15.4 Å². The second kappa shape index (κ2) is 8.23. The number of hydrogen-bond donors (Lipinski definition) is 2. The van der Waals surface area contributed by atoms with E-state index in [1.165, 1.54) is 5.56 Å². The molecule has 5 rings (SSSR count). The molecule has 0 unspecified atom stereocenters. The van der Waals surface area contributed by atoms with Gasteiger partial charge in [0.2, 0.25) is 0 Å². The minimum atomic E-state index is -0.124. The maximum atomic E-state index is 13.5. The van der Waals surface area contributed by atoms with Crippen LogP contribution in [0.2, 0.25) is 0 Å². The Balaban J connectivity index is 1.50. The summed E-state index contributed by atoms with van der Waals surface area (Å²) in [6.45, 7) is 4.05. The standard InChI is InChI=1S/C26H26N2O2S/c1-16(2)30-19-11-9-17(10-12-19)18-14-22-25(23(29)15-18)26(24-8-5-13-31-24)28-21-7-4-3-6-20(21)27-22/h3-13,16,18,26-28H,14-15H2,1-2H3/t18-,26-/m0/s1. The summed E-state index contributed by atoms with van der Waals surface area (Å²) in [7, 11) is 0. The van der Waals surface area contributed by atoms with Gasteiger partial charge in [0.15, 0.2) is 5.78 Å². The first-order valence-corrected chi connectivity index (χ1v) is 11.7. The third-order valence-corrected chi connectivity index (χ3v) is 6.80. The largest absolute Gasteiger partial charge is 0.491 e. The molecule has 1 aromatic heterocycles. The summed E-state index contributed by atoms with van der Waals surface area (Å²) in [5, 5.41) is 9.29. The molecule has 2 atom stereocenters. The Morgan fingerprint density at radius 3 is 2.45 bits per heavy atom. The van der Waals surface area contributed by atoms with Crippen LogP contribution >= 0.6 is 11.3 Å². The van der Waals surface area contributed by atoms with Gasteiger partial charge in [0.25, 0.3) is 0 Å². The van der Waals surface area contributed by atoms with Crippen molar-refractivity contribution in [2.75, 3.05) is 10.6 Å². The number of nitrogens with one attached hydrogen (secondary N) is 2. The highest BCUT2D eigenvalue weighted by atomic mass is 32.1. The number of carbonyl (C=O) groups excluding carboxylic acids is 1. The summed E-state index contributed by atoms with van der Waals surface area (Å²) >= 11 is 1.68. The second-order valence-corrected chi connectivity index (χ2v) is 9.40. The van der Waals surface area contributed by atoms with Crippen molar-refractivity contribution in [3.63, 3.8) is 0 Å². The van der Waals surface area contributed by atoms with Crippen LogP contribution in [0.4, 0.5) is 11.4 Å². The van der Waals surface area contributed by atoms with Gasteiger partial charge < -0.3 is 15.4 Å². The first-order valence-electron chi connectivity index (χ1n) is 10.8. The first-order chi connectivity index (χ1) is 15.1. The number of thiophene rings is 1. The Bertz CT molecular complexity index is 1120. The Labute approximate surface area is 187 Å². The molecule has 1 aliphatic carbocycles. The number of ether oxygens (including phenoxy) is 1. The molecule has 0 radical (unpaired) electrons. The van der Waals surface area contributed by atoms with E-state index in [0.717, 1.165) is 39.7 Å². The molecule has 0 saturated heterocycles. The number of ketones is 1. The van der Waals surface area contributed by atoms with E-state index in [9.17, 15) is 4.79 Å². The van der Waals surface area contributed by atoms with E-state index < -0.39 is 0 Å². The zero-order valence-corrected chi connectivity index (χ0v) is 18.5. The quantitative estimate of drug-likeness (QED) is 0.495. The second-order valence-electron chi connectivity index (χ2n) is 8.42. The lowest BCUT2D eigenvalue weighted by atomic mass is 9.79. The molecule has 0 saturated carbocycles. The number of para-hydroxylation sites is 2. The maximum absolute atomic E-state index is 13.5. The van der Waals surface area contributed by atoms with Crippen LogP contribution in [-0.2, 0) is 4.79 Å². The highest BCUT2D eigenvalue weighted by molar-refractivity contribution is 7.10. The molecule has 2 N–H and O–H groups in total. The summed E-state index contributed by atoms with van der Waals surface area (Å²) in [6.07, 6.45) is 1.47. The molecule has 0 spiro atoms. The fraction of sp³-hybridized carbons (Fsp3) is 0.269. The Morgan fingerprint density at radius 2 is 1.74 bits per heavy atom. The predicted octanol–water partition coefficient (Wildman–Crippen LogP) is 6.51. The van der Waals surface area contributed by atoms with Gasteiger partial charge in [0.05, 0.1) is 23.5 Å². The van der Waals surface area contributed by atoms with Crippen molar-refractivity contribution < 1.29 is 9.53 Å². The normalized spacial score (nSPS) is 20.4. The molecule has 0 fully saturated rings. The summed E-state index contributed by atoms with van der Waals surface area (Å²) in [4.78, 5) is 14.6. The highest BCUT2D eigenvalue weighted by Gasteiger charge is 2.36. The lowest BCUT2D eigenvalue weighted by Crippen LogP contribution is -2.26. The van der Waals surface area contributed by atoms with Crippen LogP contribution in [0, 0.1) is 0 Å². The van der Waals surface area contributed by atoms with Crippen molar-refractivity contribution in [3.05, 3.63) is 87.8 Å². The molecule has 4 nitrogen and oxygen atoms in total. The third kappa shape index (κ3) is 3.98. The van der Waals surface area contributed by atoms with Crippen molar-refractivity contribution in [3.8, 4) is 5.75 Å². The van der Waals surface area contributed by atoms with Crippen LogP contribution in [0.15, 0.2) is 77.3 Å². The van der Waals surface area contributed by atoms with Crippen molar-refractivity contribution >= 4 is 28.5 Å². The van der Waals surface area contributed by atoms with Gasteiger partial charge in [-0.3, -0.25) is 4.79 Å². The number of Topliss-reactive ketones (excluding diaryl/α,β-unsaturated/α-hetero) is 1. The van der Waals surface area contributed by atoms with Crippen molar-refractivity contribution in [2.24, 2.45) is 0 Å². The molecule has 0 bridgehead atoms. The molecule has 2 aliphatic rings. The molecule has 2 aromatic carbocycles. The van der Waals surface area contributed by atoms with Gasteiger partial charge in [-0.1, -0.05) is 30.3 Å². The van der Waals surface area contributed by atoms with E-state index in [1.54, 1.807) is 11.3 Å². The average Bonchev–Trinajstić information content (AvgIpc) is 3.22. The third-order valence-electron chi connectivity index (χ3n) is 5.86. The Hall–Kier alpha value is -3.05. The van der Waals surface area contributed by atoms with Crippen LogP contribution in [0.25, 0.3) is 0 Å². The highest BCUT2D eigenvalue weighted by Crippen LogP contribution is 2.45. The van der Waals surface area contributed by atoms with E-state index >= 15 is 0 Å². The lowest BCUT2D eigenvalue weighted by Gasteiger charge is -2.29. The van der Waals surface area contributed by atoms with Crippen LogP contribution in [0.1, 0.15) is 49.1 Å². The summed E-state index contributed by atoms with van der Waals surface area (Å²) in [5.74, 6) is 1.23. The van der Waals surface area contributed by atoms with Gasteiger partial charge in [0, 0.05) is 22.6 Å². The molecular weight excluding hydrogens is 404 g/mol. The maximum Gasteiger partial charge on any atom is 0.163 e. The molecule has 2 heterocycles. The lowest BCUT2D eigenvalue weighted by molar-refractivity contribution is -0.116.